The third-order valence-corrected chi connectivity index (χ3v) is 3.68. The van der Waals surface area contributed by atoms with Gasteiger partial charge in [-0.25, -0.2) is 4.98 Å². The number of halogens is 3. The maximum Gasteiger partial charge on any atom is 0.435 e. The van der Waals surface area contributed by atoms with Gasteiger partial charge in [0.05, 0.1) is 11.9 Å². The highest BCUT2D eigenvalue weighted by Crippen LogP contribution is 2.27. The van der Waals surface area contributed by atoms with Crippen molar-refractivity contribution in [1.29, 1.82) is 0 Å². The van der Waals surface area contributed by atoms with E-state index in [1.54, 1.807) is 12.3 Å². The summed E-state index contributed by atoms with van der Waals surface area (Å²) in [5.74, 6) is 0.917. The first-order valence-corrected chi connectivity index (χ1v) is 7.06. The largest absolute Gasteiger partial charge is 0.435 e. The van der Waals surface area contributed by atoms with Crippen LogP contribution in [0.25, 0.3) is 0 Å². The minimum atomic E-state index is -4.47. The molecule has 0 unspecified atom stereocenters. The van der Waals surface area contributed by atoms with E-state index in [0.29, 0.717) is 37.8 Å². The second-order valence-electron chi connectivity index (χ2n) is 5.19. The zero-order valence-corrected chi connectivity index (χ0v) is 12.2. The first-order chi connectivity index (χ1) is 10.9. The number of piperazine rings is 1. The molecule has 0 aromatic carbocycles. The monoisotopic (exact) mass is 324 g/mol. The Morgan fingerprint density at radius 2 is 1.61 bits per heavy atom. The number of hydrogen-bond donors (Lipinski definition) is 1. The van der Waals surface area contributed by atoms with Gasteiger partial charge in [0.25, 0.3) is 0 Å². The van der Waals surface area contributed by atoms with Gasteiger partial charge in [-0.2, -0.15) is 13.2 Å². The number of nitrogen functional groups attached to an aromatic ring is 1. The van der Waals surface area contributed by atoms with Crippen LogP contribution in [-0.4, -0.2) is 41.4 Å². The van der Waals surface area contributed by atoms with E-state index >= 15 is 0 Å². The zero-order chi connectivity index (χ0) is 16.4. The van der Waals surface area contributed by atoms with Crippen molar-refractivity contribution in [2.75, 3.05) is 41.7 Å². The van der Waals surface area contributed by atoms with E-state index in [9.17, 15) is 13.2 Å². The number of anilines is 3. The molecule has 1 fully saturated rings. The molecular formula is C14H15F3N6. The molecular weight excluding hydrogens is 309 g/mol. The van der Waals surface area contributed by atoms with Crippen molar-refractivity contribution in [2.45, 2.75) is 6.18 Å². The number of hydrogen-bond acceptors (Lipinski definition) is 6. The Labute approximate surface area is 130 Å². The molecule has 1 saturated heterocycles. The standard InChI is InChI=1S/C14H15F3N6/c15-14(16,17)11-2-4-13(21-20-11)23-7-5-22(6-8-23)10-1-3-12(18)19-9-10/h1-4,9H,5-8H2,(H2,18,19). The van der Waals surface area contributed by atoms with Crippen LogP contribution in [0.4, 0.5) is 30.5 Å². The molecule has 0 atom stereocenters. The van der Waals surface area contributed by atoms with E-state index in [1.807, 2.05) is 11.0 Å². The molecule has 2 aromatic rings. The van der Waals surface area contributed by atoms with E-state index in [2.05, 4.69) is 20.1 Å². The third-order valence-electron chi connectivity index (χ3n) is 3.68. The molecule has 2 aromatic heterocycles. The van der Waals surface area contributed by atoms with Gasteiger partial charge in [-0.1, -0.05) is 0 Å². The lowest BCUT2D eigenvalue weighted by Gasteiger charge is -2.36. The molecule has 1 aliphatic rings. The van der Waals surface area contributed by atoms with Crippen LogP contribution in [0.1, 0.15) is 5.69 Å². The predicted octanol–water partition coefficient (Wildman–Crippen LogP) is 1.80. The Morgan fingerprint density at radius 1 is 0.913 bits per heavy atom. The number of rotatable bonds is 2. The van der Waals surface area contributed by atoms with Gasteiger partial charge < -0.3 is 15.5 Å². The topological polar surface area (TPSA) is 71.2 Å². The summed E-state index contributed by atoms with van der Waals surface area (Å²) in [6.07, 6.45) is -2.75. The summed E-state index contributed by atoms with van der Waals surface area (Å²) in [7, 11) is 0. The summed E-state index contributed by atoms with van der Waals surface area (Å²) in [6, 6.07) is 5.95. The normalized spacial score (nSPS) is 15.8. The lowest BCUT2D eigenvalue weighted by Crippen LogP contribution is -2.47. The van der Waals surface area contributed by atoms with Gasteiger partial charge in [-0.05, 0) is 24.3 Å². The predicted molar refractivity (Wildman–Crippen MR) is 80.1 cm³/mol. The number of alkyl halides is 3. The number of nitrogens with two attached hydrogens (primary N) is 1. The Kier molecular flexibility index (Phi) is 3.93. The quantitative estimate of drug-likeness (QED) is 0.908. The van der Waals surface area contributed by atoms with Crippen molar-refractivity contribution in [3.63, 3.8) is 0 Å². The average molecular weight is 324 g/mol. The Morgan fingerprint density at radius 3 is 2.13 bits per heavy atom. The summed E-state index contributed by atoms with van der Waals surface area (Å²) < 4.78 is 37.5. The molecule has 3 heterocycles. The summed E-state index contributed by atoms with van der Waals surface area (Å²) in [6.45, 7) is 2.72. The molecule has 3 rings (SSSR count). The lowest BCUT2D eigenvalue weighted by molar-refractivity contribution is -0.141. The summed E-state index contributed by atoms with van der Waals surface area (Å²) in [5, 5.41) is 6.94. The van der Waals surface area contributed by atoms with Gasteiger partial charge in [0.1, 0.15) is 5.82 Å². The van der Waals surface area contributed by atoms with E-state index in [0.717, 1.165) is 11.8 Å². The highest BCUT2D eigenvalue weighted by atomic mass is 19.4. The van der Waals surface area contributed by atoms with Gasteiger partial charge in [-0.3, -0.25) is 0 Å². The molecule has 0 amide bonds. The zero-order valence-electron chi connectivity index (χ0n) is 12.2. The van der Waals surface area contributed by atoms with Crippen molar-refractivity contribution in [2.24, 2.45) is 0 Å². The van der Waals surface area contributed by atoms with Crippen molar-refractivity contribution in [3.05, 3.63) is 36.2 Å². The molecule has 122 valence electrons. The van der Waals surface area contributed by atoms with E-state index in [4.69, 9.17) is 5.73 Å². The maximum atomic E-state index is 12.5. The van der Waals surface area contributed by atoms with Crippen LogP contribution in [0, 0.1) is 0 Å². The van der Waals surface area contributed by atoms with Crippen LogP contribution in [0.2, 0.25) is 0 Å². The Bertz CT molecular complexity index is 648. The minimum absolute atomic E-state index is 0.452. The number of pyridine rings is 1. The van der Waals surface area contributed by atoms with E-state index < -0.39 is 11.9 Å². The van der Waals surface area contributed by atoms with Crippen LogP contribution in [0.3, 0.4) is 0 Å². The molecule has 0 radical (unpaired) electrons. The van der Waals surface area contributed by atoms with Gasteiger partial charge in [0.2, 0.25) is 0 Å². The van der Waals surface area contributed by atoms with Gasteiger partial charge in [0, 0.05) is 26.2 Å². The van der Waals surface area contributed by atoms with Gasteiger partial charge in [0.15, 0.2) is 11.5 Å². The molecule has 0 spiro atoms. The Hall–Kier alpha value is -2.58. The minimum Gasteiger partial charge on any atom is -0.384 e. The number of aromatic nitrogens is 3. The van der Waals surface area contributed by atoms with Crippen molar-refractivity contribution >= 4 is 17.3 Å². The lowest BCUT2D eigenvalue weighted by atomic mass is 10.2. The first kappa shape index (κ1) is 15.3. The molecule has 2 N–H and O–H groups in total. The van der Waals surface area contributed by atoms with Crippen LogP contribution >= 0.6 is 0 Å². The SMILES string of the molecule is Nc1ccc(N2CCN(c3ccc(C(F)(F)F)nn3)CC2)cn1. The molecule has 1 aliphatic heterocycles. The van der Waals surface area contributed by atoms with Crippen molar-refractivity contribution in [3.8, 4) is 0 Å². The molecule has 0 saturated carbocycles. The van der Waals surface area contributed by atoms with E-state index in [-0.39, 0.29) is 0 Å². The second-order valence-corrected chi connectivity index (χ2v) is 5.19. The second kappa shape index (κ2) is 5.90. The number of nitrogens with zero attached hydrogens (tertiary/aromatic N) is 5. The fraction of sp³-hybridized carbons (Fsp3) is 0.357. The van der Waals surface area contributed by atoms with Crippen molar-refractivity contribution in [1.82, 2.24) is 15.2 Å². The smallest absolute Gasteiger partial charge is 0.384 e. The maximum absolute atomic E-state index is 12.5. The summed E-state index contributed by atoms with van der Waals surface area (Å²) in [5.41, 5.74) is 5.55. The van der Waals surface area contributed by atoms with Crippen molar-refractivity contribution < 1.29 is 13.2 Å². The fourth-order valence-electron chi connectivity index (χ4n) is 2.42. The third kappa shape index (κ3) is 3.43. The Balaban J connectivity index is 1.63. The summed E-state index contributed by atoms with van der Waals surface area (Å²) in [4.78, 5) is 8.11. The molecule has 6 nitrogen and oxygen atoms in total. The van der Waals surface area contributed by atoms with Gasteiger partial charge in [-0.15, -0.1) is 10.2 Å². The highest BCUT2D eigenvalue weighted by Gasteiger charge is 2.33. The fourth-order valence-corrected chi connectivity index (χ4v) is 2.42. The van der Waals surface area contributed by atoms with Crippen LogP contribution in [0.15, 0.2) is 30.5 Å². The first-order valence-electron chi connectivity index (χ1n) is 7.06. The van der Waals surface area contributed by atoms with Crippen LogP contribution < -0.4 is 15.5 Å². The van der Waals surface area contributed by atoms with Crippen LogP contribution in [-0.2, 0) is 6.18 Å². The van der Waals surface area contributed by atoms with Crippen LogP contribution in [0.5, 0.6) is 0 Å². The molecule has 0 aliphatic carbocycles. The highest BCUT2D eigenvalue weighted by molar-refractivity contribution is 5.50. The van der Waals surface area contributed by atoms with Gasteiger partial charge >= 0.3 is 6.18 Å². The average Bonchev–Trinajstić information content (AvgIpc) is 2.55. The molecule has 0 bridgehead atoms. The van der Waals surface area contributed by atoms with E-state index in [1.165, 1.54) is 6.07 Å². The molecule has 23 heavy (non-hydrogen) atoms. The molecule has 9 heteroatoms. The summed E-state index contributed by atoms with van der Waals surface area (Å²) >= 11 is 0.